The van der Waals surface area contributed by atoms with Crippen molar-refractivity contribution in [2.75, 3.05) is 20.3 Å². The van der Waals surface area contributed by atoms with Crippen LogP contribution in [0.4, 0.5) is 0 Å². The average molecular weight is 280 g/mol. The number of aryl methyl sites for hydroxylation is 1. The van der Waals surface area contributed by atoms with Crippen molar-refractivity contribution in [1.82, 2.24) is 10.3 Å². The number of hydrogen-bond donors (Lipinski definition) is 1. The average Bonchev–Trinajstić information content (AvgIpc) is 2.43. The molecule has 0 amide bonds. The van der Waals surface area contributed by atoms with Crippen LogP contribution in [0.5, 0.6) is 5.75 Å². The van der Waals surface area contributed by atoms with Crippen LogP contribution in [0.25, 0.3) is 0 Å². The van der Waals surface area contributed by atoms with Gasteiger partial charge < -0.3 is 14.8 Å². The summed E-state index contributed by atoms with van der Waals surface area (Å²) in [4.78, 5) is 16.1. The summed E-state index contributed by atoms with van der Waals surface area (Å²) in [6, 6.07) is 3.79. The molecule has 0 aromatic carbocycles. The van der Waals surface area contributed by atoms with E-state index in [1.54, 1.807) is 13.8 Å². The molecule has 112 valence electrons. The molecular weight excluding hydrogens is 256 g/mol. The molecule has 5 nitrogen and oxygen atoms in total. The highest BCUT2D eigenvalue weighted by molar-refractivity contribution is 5.75. The summed E-state index contributed by atoms with van der Waals surface area (Å²) in [5, 5.41) is 3.23. The van der Waals surface area contributed by atoms with Crippen LogP contribution in [-0.2, 0) is 16.1 Å². The third-order valence-corrected chi connectivity index (χ3v) is 2.94. The number of ether oxygens (including phenoxy) is 2. The van der Waals surface area contributed by atoms with Gasteiger partial charge in [-0.3, -0.25) is 9.78 Å². The van der Waals surface area contributed by atoms with E-state index in [9.17, 15) is 4.79 Å². The molecule has 0 spiro atoms. The van der Waals surface area contributed by atoms with Crippen molar-refractivity contribution in [3.05, 3.63) is 23.5 Å². The second kappa shape index (κ2) is 7.24. The van der Waals surface area contributed by atoms with Crippen molar-refractivity contribution < 1.29 is 14.3 Å². The molecule has 0 saturated heterocycles. The van der Waals surface area contributed by atoms with E-state index in [1.807, 2.05) is 26.0 Å². The Kier molecular flexibility index (Phi) is 5.95. The predicted octanol–water partition coefficient (Wildman–Crippen LogP) is 2.08. The Bertz CT molecular complexity index is 458. The molecule has 0 aliphatic rings. The summed E-state index contributed by atoms with van der Waals surface area (Å²) in [6.45, 7) is 9.33. The lowest BCUT2D eigenvalue weighted by atomic mass is 9.95. The highest BCUT2D eigenvalue weighted by Gasteiger charge is 2.30. The predicted molar refractivity (Wildman–Crippen MR) is 77.6 cm³/mol. The Hall–Kier alpha value is -1.62. The second-order valence-corrected chi connectivity index (χ2v) is 5.34. The van der Waals surface area contributed by atoms with Gasteiger partial charge in [0.2, 0.25) is 0 Å². The minimum Gasteiger partial charge on any atom is -0.490 e. The monoisotopic (exact) mass is 280 g/mol. The highest BCUT2D eigenvalue weighted by atomic mass is 16.5. The zero-order chi connectivity index (χ0) is 15.2. The van der Waals surface area contributed by atoms with E-state index in [0.717, 1.165) is 17.9 Å². The van der Waals surface area contributed by atoms with Gasteiger partial charge in [-0.25, -0.2) is 0 Å². The summed E-state index contributed by atoms with van der Waals surface area (Å²) < 4.78 is 10.5. The van der Waals surface area contributed by atoms with Gasteiger partial charge in [-0.2, -0.15) is 0 Å². The van der Waals surface area contributed by atoms with Gasteiger partial charge in [-0.05, 0) is 39.4 Å². The molecule has 1 heterocycles. The summed E-state index contributed by atoms with van der Waals surface area (Å²) >= 11 is 0. The molecule has 0 atom stereocenters. The third-order valence-electron chi connectivity index (χ3n) is 2.94. The smallest absolute Gasteiger partial charge is 0.314 e. The summed E-state index contributed by atoms with van der Waals surface area (Å²) in [6.07, 6.45) is 0. The molecule has 0 fully saturated rings. The topological polar surface area (TPSA) is 60.5 Å². The minimum absolute atomic E-state index is 0.254. The summed E-state index contributed by atoms with van der Waals surface area (Å²) in [5.74, 6) is 0.416. The van der Waals surface area contributed by atoms with Gasteiger partial charge in [0, 0.05) is 12.2 Å². The van der Waals surface area contributed by atoms with Crippen LogP contribution in [-0.4, -0.2) is 31.2 Å². The quantitative estimate of drug-likeness (QED) is 0.775. The van der Waals surface area contributed by atoms with E-state index in [1.165, 1.54) is 7.11 Å². The Morgan fingerprint density at radius 1 is 1.40 bits per heavy atom. The molecular formula is C15H24N2O3. The number of carbonyl (C=O) groups is 1. The van der Waals surface area contributed by atoms with Gasteiger partial charge in [0.1, 0.15) is 12.4 Å². The van der Waals surface area contributed by atoms with E-state index in [2.05, 4.69) is 10.3 Å². The Balaban J connectivity index is 2.79. The van der Waals surface area contributed by atoms with Crippen LogP contribution in [0.15, 0.2) is 12.1 Å². The highest BCUT2D eigenvalue weighted by Crippen LogP contribution is 2.22. The standard InChI is InChI=1S/C15H24N2O3/c1-6-16-9-12-13(8-7-11(2)17-12)20-10-15(3,4)14(18)19-5/h7-8,16H,6,9-10H2,1-5H3. The van der Waals surface area contributed by atoms with Gasteiger partial charge in [-0.15, -0.1) is 0 Å². The number of esters is 1. The second-order valence-electron chi connectivity index (χ2n) is 5.34. The first kappa shape index (κ1) is 16.4. The number of nitrogens with one attached hydrogen (secondary N) is 1. The molecule has 0 saturated carbocycles. The number of hydrogen-bond acceptors (Lipinski definition) is 5. The first-order valence-corrected chi connectivity index (χ1v) is 6.79. The SMILES string of the molecule is CCNCc1nc(C)ccc1OCC(C)(C)C(=O)OC. The molecule has 0 radical (unpaired) electrons. The molecule has 0 aliphatic carbocycles. The molecule has 20 heavy (non-hydrogen) atoms. The fourth-order valence-corrected chi connectivity index (χ4v) is 1.69. The van der Waals surface area contributed by atoms with Crippen molar-refractivity contribution in [1.29, 1.82) is 0 Å². The molecule has 1 aromatic heterocycles. The number of rotatable bonds is 7. The van der Waals surface area contributed by atoms with E-state index in [-0.39, 0.29) is 12.6 Å². The van der Waals surface area contributed by atoms with Crippen LogP contribution in [0.1, 0.15) is 32.2 Å². The summed E-state index contributed by atoms with van der Waals surface area (Å²) in [7, 11) is 1.38. The van der Waals surface area contributed by atoms with E-state index >= 15 is 0 Å². The van der Waals surface area contributed by atoms with Crippen molar-refractivity contribution in [2.24, 2.45) is 5.41 Å². The molecule has 1 rings (SSSR count). The molecule has 0 aliphatic heterocycles. The van der Waals surface area contributed by atoms with Crippen LogP contribution in [0, 0.1) is 12.3 Å². The molecule has 0 bridgehead atoms. The molecule has 1 aromatic rings. The number of pyridine rings is 1. The van der Waals surface area contributed by atoms with Crippen molar-refractivity contribution in [2.45, 2.75) is 34.2 Å². The van der Waals surface area contributed by atoms with E-state index in [4.69, 9.17) is 9.47 Å². The lowest BCUT2D eigenvalue weighted by Crippen LogP contribution is -2.32. The van der Waals surface area contributed by atoms with E-state index in [0.29, 0.717) is 12.3 Å². The Labute approximate surface area is 120 Å². The van der Waals surface area contributed by atoms with Crippen LogP contribution >= 0.6 is 0 Å². The fraction of sp³-hybridized carbons (Fsp3) is 0.600. The lowest BCUT2D eigenvalue weighted by Gasteiger charge is -2.22. The van der Waals surface area contributed by atoms with Gasteiger partial charge in [-0.1, -0.05) is 6.92 Å². The maximum atomic E-state index is 11.6. The maximum absolute atomic E-state index is 11.6. The fourth-order valence-electron chi connectivity index (χ4n) is 1.69. The van der Waals surface area contributed by atoms with Gasteiger partial charge in [0.25, 0.3) is 0 Å². The zero-order valence-electron chi connectivity index (χ0n) is 12.9. The number of nitrogens with zero attached hydrogens (tertiary/aromatic N) is 1. The van der Waals surface area contributed by atoms with Gasteiger partial charge >= 0.3 is 5.97 Å². The lowest BCUT2D eigenvalue weighted by molar-refractivity contribution is -0.152. The Morgan fingerprint density at radius 3 is 2.70 bits per heavy atom. The minimum atomic E-state index is -0.685. The van der Waals surface area contributed by atoms with Crippen LogP contribution < -0.4 is 10.1 Å². The van der Waals surface area contributed by atoms with Crippen molar-refractivity contribution in [3.8, 4) is 5.75 Å². The molecule has 0 unspecified atom stereocenters. The van der Waals surface area contributed by atoms with Crippen molar-refractivity contribution in [3.63, 3.8) is 0 Å². The van der Waals surface area contributed by atoms with Gasteiger partial charge in [0.15, 0.2) is 0 Å². The van der Waals surface area contributed by atoms with E-state index < -0.39 is 5.41 Å². The molecule has 1 N–H and O–H groups in total. The first-order valence-electron chi connectivity index (χ1n) is 6.79. The van der Waals surface area contributed by atoms with Crippen molar-refractivity contribution >= 4 is 5.97 Å². The van der Waals surface area contributed by atoms with Gasteiger partial charge in [0.05, 0.1) is 18.2 Å². The third kappa shape index (κ3) is 4.49. The summed E-state index contributed by atoms with van der Waals surface area (Å²) in [5.41, 5.74) is 1.11. The number of aromatic nitrogens is 1. The largest absolute Gasteiger partial charge is 0.490 e. The number of methoxy groups -OCH3 is 1. The Morgan fingerprint density at radius 2 is 2.10 bits per heavy atom. The number of carbonyl (C=O) groups excluding carboxylic acids is 1. The maximum Gasteiger partial charge on any atom is 0.314 e. The zero-order valence-corrected chi connectivity index (χ0v) is 12.9. The normalized spacial score (nSPS) is 11.2. The van der Waals surface area contributed by atoms with Crippen LogP contribution in [0.2, 0.25) is 0 Å². The van der Waals surface area contributed by atoms with Crippen LogP contribution in [0.3, 0.4) is 0 Å². The molecule has 5 heteroatoms. The first-order chi connectivity index (χ1) is 9.40.